The zero-order chi connectivity index (χ0) is 17.4. The molecule has 3 aliphatic rings. The summed E-state index contributed by atoms with van der Waals surface area (Å²) in [7, 11) is 1.76. The van der Waals surface area contributed by atoms with Crippen LogP contribution in [-0.4, -0.2) is 48.2 Å². The Kier molecular flexibility index (Phi) is 4.82. The van der Waals surface area contributed by atoms with Crippen molar-refractivity contribution in [3.05, 3.63) is 17.5 Å². The molecule has 4 rings (SSSR count). The molecular weight excluding hydrogens is 318 g/mol. The van der Waals surface area contributed by atoms with Gasteiger partial charge in [-0.2, -0.15) is 5.10 Å². The minimum atomic E-state index is 0.0126. The van der Waals surface area contributed by atoms with Gasteiger partial charge in [0.15, 0.2) is 0 Å². The van der Waals surface area contributed by atoms with Gasteiger partial charge in [-0.1, -0.05) is 6.42 Å². The fraction of sp³-hybridized carbons (Fsp3) is 0.789. The zero-order valence-electron chi connectivity index (χ0n) is 15.2. The topological polar surface area (TPSA) is 65.4 Å². The number of ether oxygens (including phenoxy) is 2. The molecule has 3 fully saturated rings. The van der Waals surface area contributed by atoms with Gasteiger partial charge in [0.05, 0.1) is 23.4 Å². The van der Waals surface area contributed by atoms with Crippen LogP contribution in [0.1, 0.15) is 61.0 Å². The van der Waals surface area contributed by atoms with Crippen molar-refractivity contribution < 1.29 is 14.3 Å². The van der Waals surface area contributed by atoms with Crippen LogP contribution in [0.3, 0.4) is 0 Å². The molecule has 0 bridgehead atoms. The molecule has 1 saturated heterocycles. The molecule has 4 atom stereocenters. The molecule has 25 heavy (non-hydrogen) atoms. The average molecular weight is 347 g/mol. The van der Waals surface area contributed by atoms with Gasteiger partial charge in [-0.25, -0.2) is 0 Å². The van der Waals surface area contributed by atoms with Gasteiger partial charge in [0.1, 0.15) is 0 Å². The van der Waals surface area contributed by atoms with Gasteiger partial charge in [-0.3, -0.25) is 9.48 Å². The number of methoxy groups -OCH3 is 1. The van der Waals surface area contributed by atoms with Crippen LogP contribution in [0.2, 0.25) is 0 Å². The predicted molar refractivity (Wildman–Crippen MR) is 93.6 cm³/mol. The number of amides is 1. The molecule has 2 aliphatic carbocycles. The lowest BCUT2D eigenvalue weighted by atomic mass is 9.68. The molecule has 2 heterocycles. The van der Waals surface area contributed by atoms with E-state index < -0.39 is 0 Å². The fourth-order valence-electron chi connectivity index (χ4n) is 5.02. The van der Waals surface area contributed by atoms with E-state index in [1.54, 1.807) is 7.11 Å². The summed E-state index contributed by atoms with van der Waals surface area (Å²) < 4.78 is 13.0. The number of aromatic nitrogens is 2. The summed E-state index contributed by atoms with van der Waals surface area (Å²) in [6.07, 6.45) is 7.65. The molecule has 138 valence electrons. The van der Waals surface area contributed by atoms with E-state index in [-0.39, 0.29) is 18.1 Å². The van der Waals surface area contributed by atoms with E-state index in [0.717, 1.165) is 43.9 Å². The summed E-state index contributed by atoms with van der Waals surface area (Å²) in [5, 5.41) is 7.97. The second-order valence-corrected chi connectivity index (χ2v) is 7.63. The second-order valence-electron chi connectivity index (χ2n) is 7.63. The van der Waals surface area contributed by atoms with E-state index in [4.69, 9.17) is 14.6 Å². The molecule has 6 nitrogen and oxygen atoms in total. The van der Waals surface area contributed by atoms with Crippen LogP contribution in [0.15, 0.2) is 6.20 Å². The first-order valence-corrected chi connectivity index (χ1v) is 9.71. The number of carbonyl (C=O) groups is 1. The van der Waals surface area contributed by atoms with Gasteiger partial charge in [0.25, 0.3) is 5.91 Å². The summed E-state index contributed by atoms with van der Waals surface area (Å²) in [5.74, 6) is 1.55. The summed E-state index contributed by atoms with van der Waals surface area (Å²) in [6.45, 7) is 4.34. The number of nitrogens with one attached hydrogen (secondary N) is 1. The van der Waals surface area contributed by atoms with Crippen molar-refractivity contribution in [1.82, 2.24) is 15.1 Å². The van der Waals surface area contributed by atoms with Crippen molar-refractivity contribution >= 4 is 5.91 Å². The first-order valence-electron chi connectivity index (χ1n) is 9.71. The van der Waals surface area contributed by atoms with Crippen LogP contribution in [0.5, 0.6) is 0 Å². The lowest BCUT2D eigenvalue weighted by Crippen LogP contribution is -2.62. The van der Waals surface area contributed by atoms with Crippen molar-refractivity contribution in [2.75, 3.05) is 20.3 Å². The number of hydrogen-bond acceptors (Lipinski definition) is 4. The van der Waals surface area contributed by atoms with Gasteiger partial charge in [0, 0.05) is 39.0 Å². The normalized spacial score (nSPS) is 32.2. The lowest BCUT2D eigenvalue weighted by Gasteiger charge is -2.48. The first-order chi connectivity index (χ1) is 12.2. The number of aryl methyl sites for hydroxylation is 1. The minimum Gasteiger partial charge on any atom is -0.381 e. The number of hydrogen-bond donors (Lipinski definition) is 1. The lowest BCUT2D eigenvalue weighted by molar-refractivity contribution is -0.0791. The largest absolute Gasteiger partial charge is 0.381 e. The Morgan fingerprint density at radius 3 is 2.80 bits per heavy atom. The maximum atomic E-state index is 13.0. The predicted octanol–water partition coefficient (Wildman–Crippen LogP) is 2.34. The Morgan fingerprint density at radius 1 is 1.32 bits per heavy atom. The Balaban J connectivity index is 1.52. The third-order valence-electron chi connectivity index (χ3n) is 6.40. The molecule has 0 aromatic carbocycles. The average Bonchev–Trinajstić information content (AvgIpc) is 3.25. The van der Waals surface area contributed by atoms with Crippen LogP contribution in [0, 0.1) is 11.8 Å². The minimum absolute atomic E-state index is 0.0126. The standard InChI is InChI=1S/C19H29N3O3/c1-3-22-11-15(16(21-22)12-7-9-25-10-8-12)19(23)20-17-13-5-4-6-14(13)18(17)24-2/h11-14,17-18H,3-10H2,1-2H3,(H,20,23). The highest BCUT2D eigenvalue weighted by molar-refractivity contribution is 5.95. The van der Waals surface area contributed by atoms with Crippen molar-refractivity contribution in [2.24, 2.45) is 11.8 Å². The SMILES string of the molecule is CCn1cc(C(=O)NC2C3CCCC3C2OC)c(C2CCOCC2)n1. The molecule has 1 aliphatic heterocycles. The number of nitrogens with zero attached hydrogens (tertiary/aromatic N) is 2. The fourth-order valence-corrected chi connectivity index (χ4v) is 5.02. The van der Waals surface area contributed by atoms with Crippen LogP contribution in [-0.2, 0) is 16.0 Å². The highest BCUT2D eigenvalue weighted by Crippen LogP contribution is 2.48. The quantitative estimate of drug-likeness (QED) is 0.888. The highest BCUT2D eigenvalue weighted by atomic mass is 16.5. The van der Waals surface area contributed by atoms with E-state index in [0.29, 0.717) is 17.8 Å². The third kappa shape index (κ3) is 2.99. The summed E-state index contributed by atoms with van der Waals surface area (Å²) in [4.78, 5) is 13.0. The molecule has 0 radical (unpaired) electrons. The first kappa shape index (κ1) is 17.0. The van der Waals surface area contributed by atoms with E-state index in [9.17, 15) is 4.79 Å². The highest BCUT2D eigenvalue weighted by Gasteiger charge is 2.53. The monoisotopic (exact) mass is 347 g/mol. The summed E-state index contributed by atoms with van der Waals surface area (Å²) in [6, 6.07) is 0.150. The van der Waals surface area contributed by atoms with E-state index >= 15 is 0 Å². The van der Waals surface area contributed by atoms with Crippen molar-refractivity contribution in [3.63, 3.8) is 0 Å². The summed E-state index contributed by atoms with van der Waals surface area (Å²) in [5.41, 5.74) is 1.68. The maximum Gasteiger partial charge on any atom is 0.255 e. The van der Waals surface area contributed by atoms with Gasteiger partial charge in [-0.15, -0.1) is 0 Å². The van der Waals surface area contributed by atoms with Crippen LogP contribution < -0.4 is 5.32 Å². The molecule has 6 heteroatoms. The molecule has 1 aromatic heterocycles. The molecule has 1 N–H and O–H groups in total. The molecular formula is C19H29N3O3. The van der Waals surface area contributed by atoms with Gasteiger partial charge in [0.2, 0.25) is 0 Å². The molecule has 0 spiro atoms. The molecule has 1 amide bonds. The molecule has 4 unspecified atom stereocenters. The Bertz CT molecular complexity index is 623. The van der Waals surface area contributed by atoms with Gasteiger partial charge < -0.3 is 14.8 Å². The van der Waals surface area contributed by atoms with Crippen LogP contribution in [0.25, 0.3) is 0 Å². The summed E-state index contributed by atoms with van der Waals surface area (Å²) >= 11 is 0. The van der Waals surface area contributed by atoms with Crippen molar-refractivity contribution in [3.8, 4) is 0 Å². The zero-order valence-corrected chi connectivity index (χ0v) is 15.2. The van der Waals surface area contributed by atoms with Crippen LogP contribution in [0.4, 0.5) is 0 Å². The Hall–Kier alpha value is -1.40. The Morgan fingerprint density at radius 2 is 2.08 bits per heavy atom. The molecule has 1 aromatic rings. The Labute approximate surface area is 149 Å². The van der Waals surface area contributed by atoms with E-state index in [2.05, 4.69) is 12.2 Å². The van der Waals surface area contributed by atoms with Gasteiger partial charge in [-0.05, 0) is 44.4 Å². The third-order valence-corrected chi connectivity index (χ3v) is 6.40. The van der Waals surface area contributed by atoms with Crippen molar-refractivity contribution in [2.45, 2.75) is 63.6 Å². The second kappa shape index (κ2) is 7.08. The molecule has 2 saturated carbocycles. The van der Waals surface area contributed by atoms with Crippen LogP contribution >= 0.6 is 0 Å². The van der Waals surface area contributed by atoms with E-state index in [1.165, 1.54) is 19.3 Å². The maximum absolute atomic E-state index is 13.0. The number of rotatable bonds is 5. The number of carbonyl (C=O) groups excluding carboxylic acids is 1. The van der Waals surface area contributed by atoms with Crippen molar-refractivity contribution in [1.29, 1.82) is 0 Å². The number of fused-ring (bicyclic) bond motifs is 1. The van der Waals surface area contributed by atoms with Gasteiger partial charge >= 0.3 is 0 Å². The smallest absolute Gasteiger partial charge is 0.255 e. The van der Waals surface area contributed by atoms with E-state index in [1.807, 2.05) is 10.9 Å².